The molecule has 0 aliphatic heterocycles. The van der Waals surface area contributed by atoms with E-state index in [2.05, 4.69) is 24.5 Å². The second-order valence-electron chi connectivity index (χ2n) is 2.63. The quantitative estimate of drug-likeness (QED) is 0.716. The van der Waals surface area contributed by atoms with Crippen LogP contribution in [0.15, 0.2) is 28.0 Å². The molecule has 71 valence electrons. The first kappa shape index (κ1) is 11.0. The lowest BCUT2D eigenvalue weighted by atomic mass is 10.2. The summed E-state index contributed by atoms with van der Waals surface area (Å²) in [5, 5.41) is 10.5. The molecule has 0 aromatic heterocycles. The van der Waals surface area contributed by atoms with Gasteiger partial charge in [-0.05, 0) is 30.2 Å². The molecule has 1 nitrogen and oxygen atoms in total. The Labute approximate surface area is 87.9 Å². The van der Waals surface area contributed by atoms with Crippen molar-refractivity contribution in [3.8, 4) is 0 Å². The maximum absolute atomic E-state index is 10.5. The molecule has 1 radical (unpaired) electrons. The Bertz CT molecular complexity index is 274. The van der Waals surface area contributed by atoms with E-state index in [1.807, 2.05) is 6.26 Å². The van der Waals surface area contributed by atoms with E-state index >= 15 is 0 Å². The first-order valence-corrected chi connectivity index (χ1v) is 6.55. The van der Waals surface area contributed by atoms with Crippen LogP contribution in [0.25, 0.3) is 0 Å². The van der Waals surface area contributed by atoms with Crippen LogP contribution in [0.3, 0.4) is 0 Å². The molecule has 0 spiro atoms. The fourth-order valence-electron chi connectivity index (χ4n) is 1.17. The lowest BCUT2D eigenvalue weighted by molar-refractivity contribution is 0.196. The maximum Gasteiger partial charge on any atom is 0.0863 e. The van der Waals surface area contributed by atoms with Gasteiger partial charge < -0.3 is 0 Å². The van der Waals surface area contributed by atoms with Crippen molar-refractivity contribution in [1.29, 1.82) is 0 Å². The standard InChI is InChI=1S/C10H13OS2/c1-12-9-4-3-8(5-6-11)10(7-9)13-2/h3-4,7H,5-6H2,1-2H3. The largest absolute Gasteiger partial charge is 0.236 e. The molecule has 13 heavy (non-hydrogen) atoms. The Kier molecular flexibility index (Phi) is 4.70. The third-order valence-corrected chi connectivity index (χ3v) is 3.41. The molecule has 0 atom stereocenters. The van der Waals surface area contributed by atoms with Crippen molar-refractivity contribution < 1.29 is 5.11 Å². The molecule has 3 heteroatoms. The maximum atomic E-state index is 10.5. The monoisotopic (exact) mass is 213 g/mol. The molecule has 0 aliphatic rings. The van der Waals surface area contributed by atoms with Gasteiger partial charge in [0, 0.05) is 16.2 Å². The molecule has 0 aliphatic carbocycles. The Morgan fingerprint density at radius 2 is 2.00 bits per heavy atom. The Balaban J connectivity index is 2.93. The number of thioether (sulfide) groups is 2. The van der Waals surface area contributed by atoms with Gasteiger partial charge in [0.15, 0.2) is 0 Å². The minimum atomic E-state index is -0.0217. The van der Waals surface area contributed by atoms with E-state index in [0.29, 0.717) is 6.42 Å². The topological polar surface area (TPSA) is 19.9 Å². The van der Waals surface area contributed by atoms with E-state index in [-0.39, 0.29) is 6.61 Å². The van der Waals surface area contributed by atoms with Gasteiger partial charge in [0.2, 0.25) is 0 Å². The number of hydrogen-bond acceptors (Lipinski definition) is 2. The van der Waals surface area contributed by atoms with Crippen molar-refractivity contribution in [3.63, 3.8) is 0 Å². The highest BCUT2D eigenvalue weighted by molar-refractivity contribution is 7.99. The lowest BCUT2D eigenvalue weighted by Crippen LogP contribution is -1.92. The van der Waals surface area contributed by atoms with Crippen LogP contribution in [0.4, 0.5) is 0 Å². The normalized spacial score (nSPS) is 10.4. The summed E-state index contributed by atoms with van der Waals surface area (Å²) in [7, 11) is 0. The van der Waals surface area contributed by atoms with Gasteiger partial charge >= 0.3 is 0 Å². The molecule has 0 saturated heterocycles. The van der Waals surface area contributed by atoms with Gasteiger partial charge in [-0.1, -0.05) is 6.07 Å². The predicted octanol–water partition coefficient (Wildman–Crippen LogP) is 3.10. The highest BCUT2D eigenvalue weighted by Crippen LogP contribution is 2.26. The van der Waals surface area contributed by atoms with E-state index < -0.39 is 0 Å². The third kappa shape index (κ3) is 2.93. The molecule has 1 aromatic carbocycles. The van der Waals surface area contributed by atoms with E-state index in [1.165, 1.54) is 15.4 Å². The molecule has 0 heterocycles. The molecular formula is C10H13OS2. The van der Waals surface area contributed by atoms with Crippen molar-refractivity contribution in [2.45, 2.75) is 16.2 Å². The Hall–Kier alpha value is -0.120. The summed E-state index contributed by atoms with van der Waals surface area (Å²) in [5.74, 6) is 0. The van der Waals surface area contributed by atoms with Crippen molar-refractivity contribution in [2.75, 3.05) is 19.1 Å². The molecular weight excluding hydrogens is 200 g/mol. The van der Waals surface area contributed by atoms with E-state index in [9.17, 15) is 5.11 Å². The summed E-state index contributed by atoms with van der Waals surface area (Å²) in [5.41, 5.74) is 1.18. The van der Waals surface area contributed by atoms with Crippen molar-refractivity contribution >= 4 is 23.5 Å². The summed E-state index contributed by atoms with van der Waals surface area (Å²) in [4.78, 5) is 2.50. The molecule has 0 fully saturated rings. The van der Waals surface area contributed by atoms with Crippen LogP contribution in [0.2, 0.25) is 0 Å². The zero-order chi connectivity index (χ0) is 9.68. The molecule has 1 aromatic rings. The van der Waals surface area contributed by atoms with E-state index in [4.69, 9.17) is 0 Å². The molecule has 0 unspecified atom stereocenters. The fraction of sp³-hybridized carbons (Fsp3) is 0.400. The Morgan fingerprint density at radius 3 is 2.54 bits per heavy atom. The van der Waals surface area contributed by atoms with Crippen LogP contribution in [0.5, 0.6) is 0 Å². The summed E-state index contributed by atoms with van der Waals surface area (Å²) in [6.07, 6.45) is 4.76. The van der Waals surface area contributed by atoms with Crippen molar-refractivity contribution in [3.05, 3.63) is 23.8 Å². The summed E-state index contributed by atoms with van der Waals surface area (Å²) in [6, 6.07) is 6.30. The van der Waals surface area contributed by atoms with E-state index in [1.54, 1.807) is 23.5 Å². The van der Waals surface area contributed by atoms with Gasteiger partial charge in [-0.2, -0.15) is 0 Å². The lowest BCUT2D eigenvalue weighted by Gasteiger charge is -2.06. The highest BCUT2D eigenvalue weighted by Gasteiger charge is 2.02. The van der Waals surface area contributed by atoms with Crippen LogP contribution in [0.1, 0.15) is 5.56 Å². The van der Waals surface area contributed by atoms with Gasteiger partial charge in [-0.25, -0.2) is 5.11 Å². The van der Waals surface area contributed by atoms with Gasteiger partial charge in [0.25, 0.3) is 0 Å². The Morgan fingerprint density at radius 1 is 1.23 bits per heavy atom. The summed E-state index contributed by atoms with van der Waals surface area (Å²) >= 11 is 3.45. The van der Waals surface area contributed by atoms with Crippen LogP contribution in [-0.2, 0) is 11.5 Å². The summed E-state index contributed by atoms with van der Waals surface area (Å²) in [6.45, 7) is -0.0217. The van der Waals surface area contributed by atoms with Gasteiger partial charge in [0.05, 0.1) is 6.61 Å². The first-order chi connectivity index (χ1) is 6.31. The number of benzene rings is 1. The van der Waals surface area contributed by atoms with Crippen molar-refractivity contribution in [2.24, 2.45) is 0 Å². The van der Waals surface area contributed by atoms with Crippen molar-refractivity contribution in [1.82, 2.24) is 0 Å². The SMILES string of the molecule is CSc1ccc(CC[O])c(SC)c1. The third-order valence-electron chi connectivity index (χ3n) is 1.87. The number of rotatable bonds is 4. The molecule has 0 saturated carbocycles. The smallest absolute Gasteiger partial charge is 0.0863 e. The van der Waals surface area contributed by atoms with Crippen LogP contribution >= 0.6 is 23.5 Å². The van der Waals surface area contributed by atoms with Gasteiger partial charge in [-0.3, -0.25) is 0 Å². The minimum absolute atomic E-state index is 0.0217. The second-order valence-corrected chi connectivity index (χ2v) is 4.36. The van der Waals surface area contributed by atoms with Gasteiger partial charge in [0.1, 0.15) is 0 Å². The molecule has 0 N–H and O–H groups in total. The van der Waals surface area contributed by atoms with E-state index in [0.717, 1.165) is 0 Å². The summed E-state index contributed by atoms with van der Waals surface area (Å²) < 4.78 is 0. The zero-order valence-corrected chi connectivity index (χ0v) is 9.50. The highest BCUT2D eigenvalue weighted by atomic mass is 32.2. The van der Waals surface area contributed by atoms with Crippen LogP contribution < -0.4 is 0 Å². The van der Waals surface area contributed by atoms with Gasteiger partial charge in [-0.15, -0.1) is 23.5 Å². The second kappa shape index (κ2) is 5.58. The van der Waals surface area contributed by atoms with Crippen LogP contribution in [-0.4, -0.2) is 19.1 Å². The average molecular weight is 213 g/mol. The first-order valence-electron chi connectivity index (χ1n) is 4.11. The molecule has 1 rings (SSSR count). The zero-order valence-electron chi connectivity index (χ0n) is 7.87. The minimum Gasteiger partial charge on any atom is -0.236 e. The van der Waals surface area contributed by atoms with Crippen LogP contribution in [0, 0.1) is 0 Å². The molecule has 0 amide bonds. The average Bonchev–Trinajstić information content (AvgIpc) is 2.19. The predicted molar refractivity (Wildman–Crippen MR) is 59.3 cm³/mol. The fourth-order valence-corrected chi connectivity index (χ4v) is 2.36. The molecule has 0 bridgehead atoms. The number of hydrogen-bond donors (Lipinski definition) is 0.